The lowest BCUT2D eigenvalue weighted by Gasteiger charge is -2.35. The maximum atomic E-state index is 10.2. The first-order chi connectivity index (χ1) is 12.7. The molecule has 0 spiro atoms. The van der Waals surface area contributed by atoms with Crippen molar-refractivity contribution >= 4 is 0 Å². The Morgan fingerprint density at radius 2 is 1.81 bits per heavy atom. The van der Waals surface area contributed by atoms with Gasteiger partial charge in [-0.15, -0.1) is 0 Å². The summed E-state index contributed by atoms with van der Waals surface area (Å²) >= 11 is 0. The molecule has 1 N–H and O–H groups in total. The van der Waals surface area contributed by atoms with Crippen LogP contribution < -0.4 is 4.74 Å². The van der Waals surface area contributed by atoms with E-state index in [9.17, 15) is 5.11 Å². The summed E-state index contributed by atoms with van der Waals surface area (Å²) in [5.74, 6) is 1.67. The van der Waals surface area contributed by atoms with Gasteiger partial charge in [-0.25, -0.2) is 0 Å². The fraction of sp³-hybridized carbons (Fsp3) is 0.500. The van der Waals surface area contributed by atoms with Crippen LogP contribution in [-0.4, -0.2) is 67.5 Å². The van der Waals surface area contributed by atoms with Gasteiger partial charge in [0.1, 0.15) is 18.1 Å². The Morgan fingerprint density at radius 1 is 1.08 bits per heavy atom. The topological polar surface area (TPSA) is 58.3 Å². The predicted octanol–water partition coefficient (Wildman–Crippen LogP) is 1.98. The van der Waals surface area contributed by atoms with Gasteiger partial charge in [-0.2, -0.15) is 0 Å². The van der Waals surface area contributed by atoms with E-state index in [-0.39, 0.29) is 0 Å². The van der Waals surface area contributed by atoms with Crippen LogP contribution in [-0.2, 0) is 17.9 Å². The highest BCUT2D eigenvalue weighted by atomic mass is 16.5. The maximum Gasteiger partial charge on any atom is 0.129 e. The summed E-state index contributed by atoms with van der Waals surface area (Å²) in [5, 5.41) is 10.2. The van der Waals surface area contributed by atoms with Crippen molar-refractivity contribution in [2.75, 3.05) is 46.4 Å². The van der Waals surface area contributed by atoms with Crippen LogP contribution in [0, 0.1) is 0 Å². The van der Waals surface area contributed by atoms with Crippen LogP contribution in [0.5, 0.6) is 5.75 Å². The summed E-state index contributed by atoms with van der Waals surface area (Å²) in [6, 6.07) is 11.9. The van der Waals surface area contributed by atoms with E-state index in [0.717, 1.165) is 44.2 Å². The lowest BCUT2D eigenvalue weighted by Crippen LogP contribution is -2.48. The number of aliphatic hydroxyl groups excluding tert-OH is 1. The third kappa shape index (κ3) is 5.85. The van der Waals surface area contributed by atoms with Crippen molar-refractivity contribution in [2.24, 2.45) is 0 Å². The average molecular weight is 360 g/mol. The van der Waals surface area contributed by atoms with Crippen LogP contribution in [0.25, 0.3) is 0 Å². The van der Waals surface area contributed by atoms with E-state index in [4.69, 9.17) is 13.9 Å². The van der Waals surface area contributed by atoms with E-state index < -0.39 is 6.10 Å². The Labute approximate surface area is 154 Å². The zero-order valence-electron chi connectivity index (χ0n) is 15.3. The Kier molecular flexibility index (Phi) is 7.08. The number of rotatable bonds is 9. The molecule has 0 bridgehead atoms. The number of methoxy groups -OCH3 is 1. The molecule has 1 aromatic heterocycles. The Hall–Kier alpha value is -1.86. The number of furan rings is 1. The molecule has 1 saturated heterocycles. The highest BCUT2D eigenvalue weighted by Gasteiger charge is 2.19. The smallest absolute Gasteiger partial charge is 0.129 e. The molecule has 0 saturated carbocycles. The fourth-order valence-electron chi connectivity index (χ4n) is 3.16. The number of aliphatic hydroxyl groups is 1. The van der Waals surface area contributed by atoms with Crippen LogP contribution in [0.4, 0.5) is 0 Å². The molecule has 1 atom stereocenters. The molecule has 3 rings (SSSR count). The van der Waals surface area contributed by atoms with Crippen LogP contribution >= 0.6 is 0 Å². The second-order valence-corrected chi connectivity index (χ2v) is 6.67. The van der Waals surface area contributed by atoms with Crippen molar-refractivity contribution in [2.45, 2.75) is 19.3 Å². The molecule has 1 fully saturated rings. The summed E-state index contributed by atoms with van der Waals surface area (Å²) in [7, 11) is 1.69. The SMILES string of the molecule is COc1ccc(CN2CCN(CC(O)COCc3ccco3)CC2)cc1. The highest BCUT2D eigenvalue weighted by Crippen LogP contribution is 2.14. The number of hydrogen-bond acceptors (Lipinski definition) is 6. The predicted molar refractivity (Wildman–Crippen MR) is 99.1 cm³/mol. The standard InChI is InChI=1S/C20H28N2O4/c1-24-19-6-4-17(5-7-19)13-21-8-10-22(11-9-21)14-18(23)15-25-16-20-3-2-12-26-20/h2-7,12,18,23H,8-11,13-16H2,1H3. The molecular weight excluding hydrogens is 332 g/mol. The molecule has 6 heteroatoms. The van der Waals surface area contributed by atoms with E-state index in [1.54, 1.807) is 13.4 Å². The van der Waals surface area contributed by atoms with Gasteiger partial charge in [0, 0.05) is 39.3 Å². The summed E-state index contributed by atoms with van der Waals surface area (Å²) in [5.41, 5.74) is 1.30. The molecule has 1 aliphatic heterocycles. The quantitative estimate of drug-likeness (QED) is 0.738. The first-order valence-corrected chi connectivity index (χ1v) is 9.09. The fourth-order valence-corrected chi connectivity index (χ4v) is 3.16. The summed E-state index contributed by atoms with van der Waals surface area (Å²) in [4.78, 5) is 4.74. The Morgan fingerprint density at radius 3 is 2.46 bits per heavy atom. The van der Waals surface area contributed by atoms with Crippen LogP contribution in [0.15, 0.2) is 47.1 Å². The second-order valence-electron chi connectivity index (χ2n) is 6.67. The van der Waals surface area contributed by atoms with Crippen molar-refractivity contribution in [1.82, 2.24) is 9.80 Å². The Balaban J connectivity index is 1.32. The summed E-state index contributed by atoms with van der Waals surface area (Å²) < 4.78 is 15.9. The third-order valence-corrected chi connectivity index (χ3v) is 4.63. The molecule has 1 aromatic carbocycles. The molecule has 142 valence electrons. The first kappa shape index (κ1) is 18.9. The van der Waals surface area contributed by atoms with Gasteiger partial charge in [-0.3, -0.25) is 9.80 Å². The van der Waals surface area contributed by atoms with Crippen molar-refractivity contribution in [3.8, 4) is 5.75 Å². The summed E-state index contributed by atoms with van der Waals surface area (Å²) in [6.07, 6.45) is 1.15. The third-order valence-electron chi connectivity index (χ3n) is 4.63. The minimum atomic E-state index is -0.474. The molecule has 1 unspecified atom stereocenters. The second kappa shape index (κ2) is 9.73. The lowest BCUT2D eigenvalue weighted by molar-refractivity contribution is -0.00307. The molecule has 0 aliphatic carbocycles. The van der Waals surface area contributed by atoms with Gasteiger partial charge < -0.3 is 19.0 Å². The van der Waals surface area contributed by atoms with Gasteiger partial charge in [0.05, 0.1) is 26.1 Å². The molecule has 0 radical (unpaired) electrons. The number of piperazine rings is 1. The largest absolute Gasteiger partial charge is 0.497 e. The van der Waals surface area contributed by atoms with E-state index in [1.807, 2.05) is 24.3 Å². The first-order valence-electron chi connectivity index (χ1n) is 9.09. The highest BCUT2D eigenvalue weighted by molar-refractivity contribution is 5.27. The van der Waals surface area contributed by atoms with E-state index in [2.05, 4.69) is 21.9 Å². The van der Waals surface area contributed by atoms with Gasteiger partial charge in [0.25, 0.3) is 0 Å². The minimum Gasteiger partial charge on any atom is -0.497 e. The van der Waals surface area contributed by atoms with Crippen LogP contribution in [0.1, 0.15) is 11.3 Å². The van der Waals surface area contributed by atoms with E-state index >= 15 is 0 Å². The van der Waals surface area contributed by atoms with Crippen molar-refractivity contribution in [3.05, 3.63) is 54.0 Å². The van der Waals surface area contributed by atoms with E-state index in [0.29, 0.717) is 19.8 Å². The molecule has 1 aliphatic rings. The van der Waals surface area contributed by atoms with Crippen molar-refractivity contribution < 1.29 is 19.0 Å². The van der Waals surface area contributed by atoms with Crippen LogP contribution in [0.3, 0.4) is 0 Å². The molecule has 2 aromatic rings. The van der Waals surface area contributed by atoms with Crippen molar-refractivity contribution in [1.29, 1.82) is 0 Å². The zero-order valence-corrected chi connectivity index (χ0v) is 15.3. The molecule has 6 nitrogen and oxygen atoms in total. The molecule has 0 amide bonds. The van der Waals surface area contributed by atoms with E-state index in [1.165, 1.54) is 5.56 Å². The number of β-amino-alcohol motifs (C(OH)–C–C–N with tert-alkyl or cyclic N) is 1. The van der Waals surface area contributed by atoms with Gasteiger partial charge in [0.15, 0.2) is 0 Å². The number of ether oxygens (including phenoxy) is 2. The molecular formula is C20H28N2O4. The van der Waals surface area contributed by atoms with Crippen molar-refractivity contribution in [3.63, 3.8) is 0 Å². The number of hydrogen-bond donors (Lipinski definition) is 1. The van der Waals surface area contributed by atoms with Gasteiger partial charge in [-0.1, -0.05) is 12.1 Å². The van der Waals surface area contributed by atoms with Gasteiger partial charge in [0.2, 0.25) is 0 Å². The molecule has 2 heterocycles. The number of nitrogens with zero attached hydrogens (tertiary/aromatic N) is 2. The lowest BCUT2D eigenvalue weighted by atomic mass is 10.2. The monoisotopic (exact) mass is 360 g/mol. The molecule has 26 heavy (non-hydrogen) atoms. The number of benzene rings is 1. The van der Waals surface area contributed by atoms with Gasteiger partial charge >= 0.3 is 0 Å². The Bertz CT molecular complexity index is 622. The van der Waals surface area contributed by atoms with Crippen LogP contribution in [0.2, 0.25) is 0 Å². The zero-order chi connectivity index (χ0) is 18.2. The summed E-state index contributed by atoms with van der Waals surface area (Å²) in [6.45, 7) is 6.27. The average Bonchev–Trinajstić information content (AvgIpc) is 3.17. The minimum absolute atomic E-state index is 0.326. The maximum absolute atomic E-state index is 10.2. The van der Waals surface area contributed by atoms with Gasteiger partial charge in [-0.05, 0) is 29.8 Å². The normalized spacial score (nSPS) is 17.3.